The van der Waals surface area contributed by atoms with Gasteiger partial charge in [0.15, 0.2) is 0 Å². The number of hydrogen-bond acceptors (Lipinski definition) is 3. The van der Waals surface area contributed by atoms with Crippen molar-refractivity contribution in [1.82, 2.24) is 14.7 Å². The third-order valence-corrected chi connectivity index (χ3v) is 6.78. The van der Waals surface area contributed by atoms with Gasteiger partial charge in [-0.3, -0.25) is 9.59 Å². The van der Waals surface area contributed by atoms with Gasteiger partial charge in [0.2, 0.25) is 11.8 Å². The molecule has 0 saturated carbocycles. The predicted octanol–water partition coefficient (Wildman–Crippen LogP) is 6.85. The van der Waals surface area contributed by atoms with Gasteiger partial charge in [0.05, 0.1) is 17.9 Å². The van der Waals surface area contributed by atoms with Gasteiger partial charge in [-0.25, -0.2) is 4.68 Å². The molecule has 3 rings (SSSR count). The fraction of sp³-hybridized carbons (Fsp3) is 0.469. The van der Waals surface area contributed by atoms with Crippen molar-refractivity contribution in [2.24, 2.45) is 0 Å². The second kappa shape index (κ2) is 13.9. The summed E-state index contributed by atoms with van der Waals surface area (Å²) in [6, 6.07) is 20.0. The average Bonchev–Trinajstić information content (AvgIpc) is 3.31. The van der Waals surface area contributed by atoms with Gasteiger partial charge in [-0.1, -0.05) is 102 Å². The molecule has 2 aromatic carbocycles. The summed E-state index contributed by atoms with van der Waals surface area (Å²) >= 11 is 0. The summed E-state index contributed by atoms with van der Waals surface area (Å²) in [4.78, 5) is 28.2. The molecule has 0 aliphatic heterocycles. The lowest BCUT2D eigenvalue weighted by molar-refractivity contribution is -0.134. The summed E-state index contributed by atoms with van der Waals surface area (Å²) in [5.41, 5.74) is 3.85. The molecule has 3 aromatic rings. The molecule has 1 aromatic heterocycles. The van der Waals surface area contributed by atoms with Crippen LogP contribution in [0, 0.1) is 6.92 Å². The molecule has 0 aliphatic carbocycles. The minimum atomic E-state index is -0.215. The zero-order chi connectivity index (χ0) is 27.5. The molecule has 6 nitrogen and oxygen atoms in total. The standard InChI is InChI=1S/C32H44N4O2/c1-6-7-8-9-13-20-31(38)35(22-21-26-17-11-10-12-18-26)24-30(37)33-29-23-28(32(3,4)5)34-36(29)27-19-15-14-16-25(27)2/h10-12,14-19,23H,6-9,13,20-22,24H2,1-5H3,(H,33,37). The number of unbranched alkanes of at least 4 members (excludes halogenated alkanes) is 4. The van der Waals surface area contributed by atoms with E-state index < -0.39 is 0 Å². The van der Waals surface area contributed by atoms with Crippen LogP contribution in [0.4, 0.5) is 5.82 Å². The van der Waals surface area contributed by atoms with Gasteiger partial charge >= 0.3 is 0 Å². The summed E-state index contributed by atoms with van der Waals surface area (Å²) in [5, 5.41) is 7.91. The van der Waals surface area contributed by atoms with Gasteiger partial charge in [-0.15, -0.1) is 0 Å². The van der Waals surface area contributed by atoms with Gasteiger partial charge in [0.25, 0.3) is 0 Å². The largest absolute Gasteiger partial charge is 0.333 e. The molecule has 0 aliphatic rings. The molecule has 0 spiro atoms. The number of nitrogens with zero attached hydrogens (tertiary/aromatic N) is 3. The number of carbonyl (C=O) groups excluding carboxylic acids is 2. The fourth-order valence-corrected chi connectivity index (χ4v) is 4.42. The van der Waals surface area contributed by atoms with Crippen LogP contribution in [-0.4, -0.2) is 39.6 Å². The van der Waals surface area contributed by atoms with Crippen molar-refractivity contribution in [2.45, 2.75) is 85.0 Å². The topological polar surface area (TPSA) is 67.2 Å². The molecule has 0 saturated heterocycles. The van der Waals surface area contributed by atoms with Crippen molar-refractivity contribution < 1.29 is 9.59 Å². The minimum Gasteiger partial charge on any atom is -0.333 e. The molecule has 1 N–H and O–H groups in total. The smallest absolute Gasteiger partial charge is 0.245 e. The number of anilines is 1. The molecular formula is C32H44N4O2. The van der Waals surface area contributed by atoms with Gasteiger partial charge < -0.3 is 10.2 Å². The molecular weight excluding hydrogens is 472 g/mol. The van der Waals surface area contributed by atoms with Crippen LogP contribution < -0.4 is 5.32 Å². The van der Waals surface area contributed by atoms with Gasteiger partial charge in [0, 0.05) is 24.4 Å². The summed E-state index contributed by atoms with van der Waals surface area (Å²) in [5.74, 6) is 0.437. The molecule has 38 heavy (non-hydrogen) atoms. The lowest BCUT2D eigenvalue weighted by atomic mass is 9.92. The lowest BCUT2D eigenvalue weighted by Gasteiger charge is -2.22. The van der Waals surface area contributed by atoms with Crippen LogP contribution in [0.3, 0.4) is 0 Å². The van der Waals surface area contributed by atoms with E-state index in [4.69, 9.17) is 5.10 Å². The molecule has 204 valence electrons. The summed E-state index contributed by atoms with van der Waals surface area (Å²) in [7, 11) is 0. The Balaban J connectivity index is 1.76. The van der Waals surface area contributed by atoms with E-state index in [9.17, 15) is 9.59 Å². The maximum atomic E-state index is 13.3. The minimum absolute atomic E-state index is 0.0183. The van der Waals surface area contributed by atoms with Crippen LogP contribution in [0.15, 0.2) is 60.7 Å². The number of carbonyl (C=O) groups is 2. The Morgan fingerprint density at radius 3 is 2.32 bits per heavy atom. The number of hydrogen-bond donors (Lipinski definition) is 1. The lowest BCUT2D eigenvalue weighted by Crippen LogP contribution is -2.39. The third kappa shape index (κ3) is 8.57. The molecule has 0 unspecified atom stereocenters. The van der Waals surface area contributed by atoms with Crippen LogP contribution in [0.5, 0.6) is 0 Å². The molecule has 2 amide bonds. The molecule has 0 radical (unpaired) electrons. The first-order valence-corrected chi connectivity index (χ1v) is 14.0. The summed E-state index contributed by atoms with van der Waals surface area (Å²) in [6.45, 7) is 11.1. The van der Waals surface area contributed by atoms with Crippen molar-refractivity contribution in [3.05, 3.63) is 77.5 Å². The van der Waals surface area contributed by atoms with Crippen molar-refractivity contribution >= 4 is 17.6 Å². The highest BCUT2D eigenvalue weighted by molar-refractivity contribution is 5.94. The highest BCUT2D eigenvalue weighted by atomic mass is 16.2. The van der Waals surface area contributed by atoms with Crippen molar-refractivity contribution in [3.8, 4) is 5.69 Å². The quantitative estimate of drug-likeness (QED) is 0.253. The van der Waals surface area contributed by atoms with Gasteiger partial charge in [-0.2, -0.15) is 5.10 Å². The Kier molecular flexibility index (Phi) is 10.7. The molecule has 0 fully saturated rings. The Hall–Kier alpha value is -3.41. The zero-order valence-corrected chi connectivity index (χ0v) is 23.8. The number of aryl methyl sites for hydroxylation is 1. The SMILES string of the molecule is CCCCCCCC(=O)N(CCc1ccccc1)CC(=O)Nc1cc(C(C)(C)C)nn1-c1ccccc1C. The van der Waals surface area contributed by atoms with E-state index in [-0.39, 0.29) is 23.8 Å². The van der Waals surface area contributed by atoms with Crippen LogP contribution in [0.25, 0.3) is 5.69 Å². The highest BCUT2D eigenvalue weighted by Crippen LogP contribution is 2.27. The molecule has 6 heteroatoms. The normalized spacial score (nSPS) is 11.4. The van der Waals surface area contributed by atoms with E-state index in [1.807, 2.05) is 55.5 Å². The number of amides is 2. The number of benzene rings is 2. The predicted molar refractivity (Wildman–Crippen MR) is 156 cm³/mol. The van der Waals surface area contributed by atoms with Crippen molar-refractivity contribution in [3.63, 3.8) is 0 Å². The molecule has 0 bridgehead atoms. The zero-order valence-electron chi connectivity index (χ0n) is 23.8. The van der Waals surface area contributed by atoms with Gasteiger partial charge in [0.1, 0.15) is 5.82 Å². The number of para-hydroxylation sites is 1. The van der Waals surface area contributed by atoms with Gasteiger partial charge in [-0.05, 0) is 37.0 Å². The number of aromatic nitrogens is 2. The Morgan fingerprint density at radius 1 is 0.947 bits per heavy atom. The maximum absolute atomic E-state index is 13.3. The van der Waals surface area contributed by atoms with Crippen LogP contribution >= 0.6 is 0 Å². The first-order chi connectivity index (χ1) is 18.2. The van der Waals surface area contributed by atoms with E-state index in [0.717, 1.165) is 41.8 Å². The third-order valence-electron chi connectivity index (χ3n) is 6.78. The van der Waals surface area contributed by atoms with Crippen LogP contribution in [0.2, 0.25) is 0 Å². The summed E-state index contributed by atoms with van der Waals surface area (Å²) < 4.78 is 1.80. The summed E-state index contributed by atoms with van der Waals surface area (Å²) in [6.07, 6.45) is 6.60. The monoisotopic (exact) mass is 516 g/mol. The maximum Gasteiger partial charge on any atom is 0.245 e. The van der Waals surface area contributed by atoms with Crippen LogP contribution in [-0.2, 0) is 21.4 Å². The van der Waals surface area contributed by atoms with E-state index in [1.165, 1.54) is 12.8 Å². The molecule has 1 heterocycles. The average molecular weight is 517 g/mol. The first-order valence-electron chi connectivity index (χ1n) is 14.0. The van der Waals surface area contributed by atoms with E-state index >= 15 is 0 Å². The van der Waals surface area contributed by atoms with Crippen molar-refractivity contribution in [2.75, 3.05) is 18.4 Å². The fourth-order valence-electron chi connectivity index (χ4n) is 4.42. The first kappa shape index (κ1) is 29.2. The number of rotatable bonds is 13. The van der Waals surface area contributed by atoms with E-state index in [1.54, 1.807) is 9.58 Å². The second-order valence-electron chi connectivity index (χ2n) is 11.1. The Morgan fingerprint density at radius 2 is 1.63 bits per heavy atom. The van der Waals surface area contributed by atoms with Crippen LogP contribution in [0.1, 0.15) is 83.0 Å². The Labute approximate surface area is 228 Å². The number of nitrogens with one attached hydrogen (secondary N) is 1. The highest BCUT2D eigenvalue weighted by Gasteiger charge is 2.23. The van der Waals surface area contributed by atoms with E-state index in [2.05, 4.69) is 45.1 Å². The van der Waals surface area contributed by atoms with Crippen molar-refractivity contribution in [1.29, 1.82) is 0 Å². The van der Waals surface area contributed by atoms with E-state index in [0.29, 0.717) is 25.2 Å². The second-order valence-corrected chi connectivity index (χ2v) is 11.1. The molecule has 0 atom stereocenters. The Bertz CT molecular complexity index is 1180.